The van der Waals surface area contributed by atoms with Crippen molar-refractivity contribution in [1.82, 2.24) is 9.88 Å². The molecule has 3 rings (SSSR count). The first kappa shape index (κ1) is 26.7. The van der Waals surface area contributed by atoms with Crippen molar-refractivity contribution in [2.24, 2.45) is 0 Å². The highest BCUT2D eigenvalue weighted by Crippen LogP contribution is 2.32. The first-order valence-electron chi connectivity index (χ1n) is 12.0. The molecule has 2 aliphatic rings. The Bertz CT molecular complexity index is 683. The van der Waals surface area contributed by atoms with Crippen molar-refractivity contribution in [1.29, 1.82) is 0 Å². The number of unbranched alkanes of at least 4 members (excludes halogenated alkanes) is 3. The molecule has 0 bridgehead atoms. The van der Waals surface area contributed by atoms with Crippen LogP contribution in [0.25, 0.3) is 0 Å². The molecule has 31 heavy (non-hydrogen) atoms. The van der Waals surface area contributed by atoms with E-state index in [0.717, 1.165) is 31.2 Å². The Balaban J connectivity index is 0.000000372. The maximum Gasteiger partial charge on any atom is 0.314 e. The van der Waals surface area contributed by atoms with Gasteiger partial charge in [0.1, 0.15) is 11.4 Å². The van der Waals surface area contributed by atoms with Gasteiger partial charge in [-0.3, -0.25) is 14.6 Å². The molecule has 0 aliphatic carbocycles. The molecule has 2 amide bonds. The van der Waals surface area contributed by atoms with E-state index in [0.29, 0.717) is 31.1 Å². The van der Waals surface area contributed by atoms with Gasteiger partial charge in [-0.25, -0.2) is 0 Å². The number of nitrogens with one attached hydrogen (secondary N) is 1. The van der Waals surface area contributed by atoms with E-state index in [-0.39, 0.29) is 0 Å². The molecule has 0 aromatic carbocycles. The predicted octanol–water partition coefficient (Wildman–Crippen LogP) is 5.53. The van der Waals surface area contributed by atoms with Gasteiger partial charge in [-0.15, -0.1) is 0 Å². The lowest BCUT2D eigenvalue weighted by Gasteiger charge is -2.25. The number of nitrogens with zero attached hydrogens (tertiary/aromatic N) is 2. The van der Waals surface area contributed by atoms with Crippen LogP contribution in [-0.4, -0.2) is 41.4 Å². The van der Waals surface area contributed by atoms with Gasteiger partial charge in [-0.1, -0.05) is 52.7 Å². The number of hydrogen-bond acceptors (Lipinski definition) is 4. The SMILES string of the molecule is CC.CC/C=C\CCCCC.O=C(Nc1cncc2c1OCC2)C(=O)N1CCCCC1. The molecule has 0 atom stereocenters. The van der Waals surface area contributed by atoms with Gasteiger partial charge < -0.3 is 15.0 Å². The number of amides is 2. The van der Waals surface area contributed by atoms with Crippen LogP contribution >= 0.6 is 0 Å². The quantitative estimate of drug-likeness (QED) is 0.365. The number of piperidine rings is 1. The number of allylic oxidation sites excluding steroid dienone is 2. The Morgan fingerprint density at radius 3 is 2.52 bits per heavy atom. The van der Waals surface area contributed by atoms with Gasteiger partial charge in [-0.2, -0.15) is 0 Å². The smallest absolute Gasteiger partial charge is 0.314 e. The number of rotatable bonds is 6. The average molecular weight is 432 g/mol. The Labute approximate surface area is 188 Å². The second kappa shape index (κ2) is 16.3. The minimum absolute atomic E-state index is 0.472. The van der Waals surface area contributed by atoms with Crippen molar-refractivity contribution in [2.45, 2.75) is 85.5 Å². The minimum Gasteiger partial charge on any atom is -0.491 e. The van der Waals surface area contributed by atoms with Crippen molar-refractivity contribution in [3.63, 3.8) is 0 Å². The third-order valence-electron chi connectivity index (χ3n) is 5.05. The Kier molecular flexibility index (Phi) is 14.1. The number of anilines is 1. The monoisotopic (exact) mass is 431 g/mol. The van der Waals surface area contributed by atoms with E-state index < -0.39 is 11.8 Å². The second-order valence-corrected chi connectivity index (χ2v) is 7.46. The van der Waals surface area contributed by atoms with Gasteiger partial charge >= 0.3 is 11.8 Å². The van der Waals surface area contributed by atoms with E-state index in [4.69, 9.17) is 4.74 Å². The topological polar surface area (TPSA) is 71.5 Å². The van der Waals surface area contributed by atoms with Gasteiger partial charge in [-0.05, 0) is 38.5 Å². The zero-order valence-electron chi connectivity index (χ0n) is 19.9. The van der Waals surface area contributed by atoms with E-state index >= 15 is 0 Å². The first-order chi connectivity index (χ1) is 15.2. The van der Waals surface area contributed by atoms with Crippen LogP contribution in [0.15, 0.2) is 24.5 Å². The molecular formula is C25H41N3O3. The van der Waals surface area contributed by atoms with Crippen molar-refractivity contribution in [2.75, 3.05) is 25.0 Å². The Morgan fingerprint density at radius 2 is 1.84 bits per heavy atom. The first-order valence-corrected chi connectivity index (χ1v) is 12.0. The van der Waals surface area contributed by atoms with E-state index in [2.05, 4.69) is 36.3 Å². The summed E-state index contributed by atoms with van der Waals surface area (Å²) in [6.07, 6.45) is 18.2. The largest absolute Gasteiger partial charge is 0.491 e. The van der Waals surface area contributed by atoms with Crippen molar-refractivity contribution < 1.29 is 14.3 Å². The molecule has 2 aliphatic heterocycles. The van der Waals surface area contributed by atoms with Crippen LogP contribution in [0.3, 0.4) is 0 Å². The molecule has 1 aromatic rings. The molecule has 0 unspecified atom stereocenters. The summed E-state index contributed by atoms with van der Waals surface area (Å²) in [4.78, 5) is 29.8. The van der Waals surface area contributed by atoms with Gasteiger partial charge in [0.05, 0.1) is 12.8 Å². The lowest BCUT2D eigenvalue weighted by molar-refractivity contribution is -0.143. The number of fused-ring (bicyclic) bond motifs is 1. The third-order valence-corrected chi connectivity index (χ3v) is 5.05. The fraction of sp³-hybridized carbons (Fsp3) is 0.640. The van der Waals surface area contributed by atoms with E-state index in [1.807, 2.05) is 13.8 Å². The molecule has 1 N–H and O–H groups in total. The Hall–Kier alpha value is -2.37. The van der Waals surface area contributed by atoms with E-state index in [9.17, 15) is 9.59 Å². The summed E-state index contributed by atoms with van der Waals surface area (Å²) in [6.45, 7) is 10.3. The third kappa shape index (κ3) is 9.53. The summed E-state index contributed by atoms with van der Waals surface area (Å²) in [5, 5.41) is 2.62. The summed E-state index contributed by atoms with van der Waals surface area (Å²) in [6, 6.07) is 0. The summed E-state index contributed by atoms with van der Waals surface area (Å²) >= 11 is 0. The highest BCUT2D eigenvalue weighted by molar-refractivity contribution is 6.39. The molecule has 0 spiro atoms. The highest BCUT2D eigenvalue weighted by atomic mass is 16.5. The van der Waals surface area contributed by atoms with Gasteiger partial charge in [0, 0.05) is 31.3 Å². The van der Waals surface area contributed by atoms with Gasteiger partial charge in [0.25, 0.3) is 0 Å². The fourth-order valence-corrected chi connectivity index (χ4v) is 3.41. The van der Waals surface area contributed by atoms with Crippen LogP contribution in [0.5, 0.6) is 5.75 Å². The van der Waals surface area contributed by atoms with Gasteiger partial charge in [0.15, 0.2) is 0 Å². The molecule has 1 fully saturated rings. The van der Waals surface area contributed by atoms with E-state index in [1.54, 1.807) is 11.1 Å². The maximum atomic E-state index is 12.1. The normalized spacial score (nSPS) is 14.5. The summed E-state index contributed by atoms with van der Waals surface area (Å²) < 4.78 is 5.48. The van der Waals surface area contributed by atoms with E-state index in [1.165, 1.54) is 38.3 Å². The van der Waals surface area contributed by atoms with Crippen LogP contribution in [0.2, 0.25) is 0 Å². The number of carbonyl (C=O) groups is 2. The molecule has 6 heteroatoms. The number of ether oxygens (including phenoxy) is 1. The number of hydrogen-bond donors (Lipinski definition) is 1. The lowest BCUT2D eigenvalue weighted by Crippen LogP contribution is -2.42. The zero-order valence-corrected chi connectivity index (χ0v) is 19.9. The van der Waals surface area contributed by atoms with Crippen molar-refractivity contribution in [3.05, 3.63) is 30.1 Å². The molecule has 174 valence electrons. The standard InChI is InChI=1S/C14H17N3O3.C9H18.C2H6/c18-13(14(19)17-5-2-1-3-6-17)16-11-9-15-8-10-4-7-20-12(10)11;1-3-5-7-9-8-6-4-2;1-2/h8-9H,1-7H2,(H,16,18);5,7H,3-4,6,8-9H2,1-2H3;1-2H3/b;7-5-;. The van der Waals surface area contributed by atoms with Crippen LogP contribution < -0.4 is 10.1 Å². The van der Waals surface area contributed by atoms with Crippen molar-refractivity contribution in [3.8, 4) is 5.75 Å². The molecule has 1 aromatic heterocycles. The van der Waals surface area contributed by atoms with Crippen LogP contribution in [-0.2, 0) is 16.0 Å². The molecule has 6 nitrogen and oxygen atoms in total. The van der Waals surface area contributed by atoms with Crippen LogP contribution in [0.4, 0.5) is 5.69 Å². The number of carbonyl (C=O) groups excluding carboxylic acids is 2. The average Bonchev–Trinajstić information content (AvgIpc) is 3.31. The second-order valence-electron chi connectivity index (χ2n) is 7.46. The number of aromatic nitrogens is 1. The van der Waals surface area contributed by atoms with Crippen LogP contribution in [0, 0.1) is 0 Å². The van der Waals surface area contributed by atoms with Gasteiger partial charge in [0.2, 0.25) is 0 Å². The van der Waals surface area contributed by atoms with Crippen molar-refractivity contribution >= 4 is 17.5 Å². The number of pyridine rings is 1. The zero-order chi connectivity index (χ0) is 22.9. The number of likely N-dealkylation sites (tertiary alicyclic amines) is 1. The summed E-state index contributed by atoms with van der Waals surface area (Å²) in [5.74, 6) is -0.447. The van der Waals surface area contributed by atoms with Crippen LogP contribution in [0.1, 0.15) is 84.6 Å². The molecule has 3 heterocycles. The lowest BCUT2D eigenvalue weighted by atomic mass is 10.1. The summed E-state index contributed by atoms with van der Waals surface area (Å²) in [7, 11) is 0. The fourth-order valence-electron chi connectivity index (χ4n) is 3.41. The Morgan fingerprint density at radius 1 is 1.10 bits per heavy atom. The maximum absolute atomic E-state index is 12.1. The molecule has 1 saturated heterocycles. The minimum atomic E-state index is -0.613. The molecule has 0 saturated carbocycles. The molecule has 0 radical (unpaired) electrons. The predicted molar refractivity (Wildman–Crippen MR) is 127 cm³/mol. The summed E-state index contributed by atoms with van der Waals surface area (Å²) in [5.41, 5.74) is 1.45. The highest BCUT2D eigenvalue weighted by Gasteiger charge is 2.25. The molecular weight excluding hydrogens is 390 g/mol.